The van der Waals surface area contributed by atoms with E-state index in [1.807, 2.05) is 6.92 Å². The number of hydrogen-bond donors (Lipinski definition) is 3. The van der Waals surface area contributed by atoms with Crippen LogP contribution in [0.5, 0.6) is 0 Å². The summed E-state index contributed by atoms with van der Waals surface area (Å²) in [5.41, 5.74) is 12.5. The van der Waals surface area contributed by atoms with Gasteiger partial charge in [0.15, 0.2) is 0 Å². The van der Waals surface area contributed by atoms with Gasteiger partial charge in [-0.2, -0.15) is 0 Å². The highest BCUT2D eigenvalue weighted by Gasteiger charge is 2.08. The Kier molecular flexibility index (Phi) is 4.51. The van der Waals surface area contributed by atoms with E-state index in [1.165, 1.54) is 6.07 Å². The largest absolute Gasteiger partial charge is 0.397 e. The minimum Gasteiger partial charge on any atom is -0.397 e. The monoisotopic (exact) mass is 255 g/mol. The standard InChI is InChI=1S/C11H17N3O2S/c1-7(6-17(2)16)14-10-4-3-8(11(13)15)5-9(10)12/h3-5,7,14H,6,12H2,1-2H3,(H2,13,15). The molecule has 94 valence electrons. The molecular formula is C11H17N3O2S. The maximum absolute atomic E-state index is 11.1. The summed E-state index contributed by atoms with van der Waals surface area (Å²) in [5.74, 6) is 0.0303. The van der Waals surface area contributed by atoms with Crippen LogP contribution in [0.4, 0.5) is 11.4 Å². The lowest BCUT2D eigenvalue weighted by atomic mass is 10.1. The molecule has 0 radical (unpaired) electrons. The number of anilines is 2. The van der Waals surface area contributed by atoms with Gasteiger partial charge in [0.1, 0.15) is 0 Å². The summed E-state index contributed by atoms with van der Waals surface area (Å²) in [5, 5.41) is 3.14. The van der Waals surface area contributed by atoms with Crippen molar-refractivity contribution in [3.05, 3.63) is 23.8 Å². The van der Waals surface area contributed by atoms with Crippen LogP contribution in [0.1, 0.15) is 17.3 Å². The zero-order valence-corrected chi connectivity index (χ0v) is 10.7. The fourth-order valence-electron chi connectivity index (χ4n) is 1.51. The normalized spacial score (nSPS) is 14.0. The number of nitrogen functional groups attached to an aromatic ring is 1. The van der Waals surface area contributed by atoms with E-state index < -0.39 is 16.7 Å². The van der Waals surface area contributed by atoms with Gasteiger partial charge in [0.2, 0.25) is 5.91 Å². The van der Waals surface area contributed by atoms with Crippen LogP contribution in [-0.2, 0) is 10.8 Å². The van der Waals surface area contributed by atoms with E-state index in [1.54, 1.807) is 18.4 Å². The van der Waals surface area contributed by atoms with Gasteiger partial charge in [-0.15, -0.1) is 0 Å². The summed E-state index contributed by atoms with van der Waals surface area (Å²) in [7, 11) is -0.865. The van der Waals surface area contributed by atoms with Crippen LogP contribution in [0.15, 0.2) is 18.2 Å². The van der Waals surface area contributed by atoms with Crippen LogP contribution in [-0.4, -0.2) is 28.2 Å². The van der Waals surface area contributed by atoms with Crippen molar-refractivity contribution < 1.29 is 9.00 Å². The number of nitrogens with one attached hydrogen (secondary N) is 1. The highest BCUT2D eigenvalue weighted by atomic mass is 32.2. The average Bonchev–Trinajstić information content (AvgIpc) is 2.19. The van der Waals surface area contributed by atoms with Gasteiger partial charge >= 0.3 is 0 Å². The molecule has 0 aromatic heterocycles. The zero-order valence-electron chi connectivity index (χ0n) is 9.90. The van der Waals surface area contributed by atoms with Crippen molar-refractivity contribution in [1.29, 1.82) is 0 Å². The zero-order chi connectivity index (χ0) is 13.0. The maximum Gasteiger partial charge on any atom is 0.248 e. The molecule has 0 heterocycles. The van der Waals surface area contributed by atoms with Gasteiger partial charge in [0, 0.05) is 34.4 Å². The quantitative estimate of drug-likeness (QED) is 0.669. The van der Waals surface area contributed by atoms with Gasteiger partial charge in [0.05, 0.1) is 11.4 Å². The number of amides is 1. The van der Waals surface area contributed by atoms with E-state index in [0.29, 0.717) is 22.7 Å². The molecule has 0 saturated heterocycles. The van der Waals surface area contributed by atoms with E-state index in [4.69, 9.17) is 11.5 Å². The van der Waals surface area contributed by atoms with Gasteiger partial charge in [-0.25, -0.2) is 0 Å². The first-order valence-electron chi connectivity index (χ1n) is 5.16. The van der Waals surface area contributed by atoms with E-state index in [0.717, 1.165) is 0 Å². The molecule has 5 N–H and O–H groups in total. The molecule has 1 aromatic rings. The number of hydrogen-bond acceptors (Lipinski definition) is 4. The Morgan fingerprint density at radius 1 is 1.53 bits per heavy atom. The predicted molar refractivity (Wildman–Crippen MR) is 71.4 cm³/mol. The van der Waals surface area contributed by atoms with Gasteiger partial charge in [-0.05, 0) is 25.1 Å². The Morgan fingerprint density at radius 3 is 2.65 bits per heavy atom. The molecule has 0 fully saturated rings. The summed E-state index contributed by atoms with van der Waals surface area (Å²) in [6, 6.07) is 4.88. The van der Waals surface area contributed by atoms with Crippen LogP contribution in [0, 0.1) is 0 Å². The summed E-state index contributed by atoms with van der Waals surface area (Å²) < 4.78 is 11.1. The first kappa shape index (κ1) is 13.5. The lowest BCUT2D eigenvalue weighted by Crippen LogP contribution is -2.23. The number of rotatable bonds is 5. The Balaban J connectivity index is 2.79. The molecule has 2 atom stereocenters. The minimum atomic E-state index is -0.865. The Labute approximate surface area is 103 Å². The van der Waals surface area contributed by atoms with Gasteiger partial charge in [-0.3, -0.25) is 9.00 Å². The van der Waals surface area contributed by atoms with Crippen molar-refractivity contribution >= 4 is 28.1 Å². The molecule has 0 saturated carbocycles. The van der Waals surface area contributed by atoms with Gasteiger partial charge in [0.25, 0.3) is 0 Å². The maximum atomic E-state index is 11.1. The van der Waals surface area contributed by atoms with Gasteiger partial charge < -0.3 is 16.8 Å². The van der Waals surface area contributed by atoms with Crippen LogP contribution in [0.3, 0.4) is 0 Å². The number of primary amides is 1. The third-order valence-electron chi connectivity index (χ3n) is 2.22. The van der Waals surface area contributed by atoms with Crippen LogP contribution < -0.4 is 16.8 Å². The predicted octanol–water partition coefficient (Wildman–Crippen LogP) is 0.547. The lowest BCUT2D eigenvalue weighted by molar-refractivity contribution is 0.100. The van der Waals surface area contributed by atoms with Crippen molar-refractivity contribution in [2.75, 3.05) is 23.1 Å². The smallest absolute Gasteiger partial charge is 0.248 e. The second-order valence-corrected chi connectivity index (χ2v) is 5.43. The highest BCUT2D eigenvalue weighted by Crippen LogP contribution is 2.20. The van der Waals surface area contributed by atoms with E-state index >= 15 is 0 Å². The molecule has 0 spiro atoms. The lowest BCUT2D eigenvalue weighted by Gasteiger charge is -2.16. The van der Waals surface area contributed by atoms with Crippen LogP contribution in [0.25, 0.3) is 0 Å². The fraction of sp³-hybridized carbons (Fsp3) is 0.364. The molecule has 1 aromatic carbocycles. The van der Waals surface area contributed by atoms with Crippen molar-refractivity contribution in [2.45, 2.75) is 13.0 Å². The molecule has 0 bridgehead atoms. The minimum absolute atomic E-state index is 0.0440. The van der Waals surface area contributed by atoms with Crippen molar-refractivity contribution in [1.82, 2.24) is 0 Å². The molecule has 0 aliphatic carbocycles. The Morgan fingerprint density at radius 2 is 2.18 bits per heavy atom. The molecular weight excluding hydrogens is 238 g/mol. The molecule has 0 aliphatic rings. The number of carbonyl (C=O) groups excluding carboxylic acids is 1. The SMILES string of the molecule is CC(CS(C)=O)Nc1ccc(C(N)=O)cc1N. The molecule has 1 rings (SSSR count). The molecule has 17 heavy (non-hydrogen) atoms. The number of benzene rings is 1. The molecule has 0 aliphatic heterocycles. The Hall–Kier alpha value is -1.56. The van der Waals surface area contributed by atoms with E-state index in [2.05, 4.69) is 5.32 Å². The number of nitrogens with two attached hydrogens (primary N) is 2. The first-order chi connectivity index (χ1) is 7.90. The highest BCUT2D eigenvalue weighted by molar-refractivity contribution is 7.84. The average molecular weight is 255 g/mol. The second-order valence-electron chi connectivity index (χ2n) is 3.95. The topological polar surface area (TPSA) is 98.2 Å². The van der Waals surface area contributed by atoms with Crippen molar-refractivity contribution in [3.63, 3.8) is 0 Å². The van der Waals surface area contributed by atoms with Crippen molar-refractivity contribution in [2.24, 2.45) is 5.73 Å². The van der Waals surface area contributed by atoms with Crippen molar-refractivity contribution in [3.8, 4) is 0 Å². The third kappa shape index (κ3) is 4.07. The summed E-state index contributed by atoms with van der Waals surface area (Å²) in [4.78, 5) is 10.9. The number of carbonyl (C=O) groups is 1. The fourth-order valence-corrected chi connectivity index (χ4v) is 2.29. The summed E-state index contributed by atoms with van der Waals surface area (Å²) >= 11 is 0. The summed E-state index contributed by atoms with van der Waals surface area (Å²) in [6.45, 7) is 1.92. The van der Waals surface area contributed by atoms with E-state index in [9.17, 15) is 9.00 Å². The molecule has 5 nitrogen and oxygen atoms in total. The third-order valence-corrected chi connectivity index (χ3v) is 3.19. The molecule has 1 amide bonds. The van der Waals surface area contributed by atoms with Crippen LogP contribution in [0.2, 0.25) is 0 Å². The van der Waals surface area contributed by atoms with Gasteiger partial charge in [-0.1, -0.05) is 0 Å². The Bertz CT molecular complexity index is 448. The van der Waals surface area contributed by atoms with Crippen LogP contribution >= 0.6 is 0 Å². The van der Waals surface area contributed by atoms with E-state index in [-0.39, 0.29) is 6.04 Å². The molecule has 6 heteroatoms. The second kappa shape index (κ2) is 5.67. The first-order valence-corrected chi connectivity index (χ1v) is 6.88. The summed E-state index contributed by atoms with van der Waals surface area (Å²) in [6.07, 6.45) is 1.65. The molecule has 2 unspecified atom stereocenters.